The van der Waals surface area contributed by atoms with Crippen LogP contribution in [0.4, 0.5) is 17.5 Å². The van der Waals surface area contributed by atoms with E-state index in [1.54, 1.807) is 21.0 Å². The third-order valence-electron chi connectivity index (χ3n) is 2.53. The lowest BCUT2D eigenvalue weighted by atomic mass is 10.2. The quantitative estimate of drug-likeness (QED) is 0.385. The number of hydrogen-bond donors (Lipinski definition) is 3. The van der Waals surface area contributed by atoms with Crippen LogP contribution in [0.15, 0.2) is 0 Å². The lowest BCUT2D eigenvalue weighted by Gasteiger charge is -2.18. The zero-order chi connectivity index (χ0) is 15.4. The molecule has 0 bridgehead atoms. The number of hydrogen-bond acceptors (Lipinski definition) is 8. The van der Waals surface area contributed by atoms with Crippen LogP contribution in [0.2, 0.25) is 0 Å². The van der Waals surface area contributed by atoms with Crippen LogP contribution in [-0.2, 0) is 4.79 Å². The van der Waals surface area contributed by atoms with E-state index in [4.69, 9.17) is 5.84 Å². The number of hydrazine groups is 1. The van der Waals surface area contributed by atoms with Crippen molar-refractivity contribution in [2.24, 2.45) is 5.84 Å². The Morgan fingerprint density at radius 3 is 2.50 bits per heavy atom. The van der Waals surface area contributed by atoms with E-state index in [2.05, 4.69) is 20.7 Å². The lowest BCUT2D eigenvalue weighted by molar-refractivity contribution is -0.385. The van der Waals surface area contributed by atoms with Crippen LogP contribution in [0.3, 0.4) is 0 Å². The summed E-state index contributed by atoms with van der Waals surface area (Å²) in [6, 6.07) is -0.677. The summed E-state index contributed by atoms with van der Waals surface area (Å²) in [7, 11) is 3.18. The minimum Gasteiger partial charge on any atom is -0.353 e. The van der Waals surface area contributed by atoms with Crippen molar-refractivity contribution >= 4 is 23.4 Å². The van der Waals surface area contributed by atoms with Gasteiger partial charge in [-0.1, -0.05) is 0 Å². The molecule has 110 valence electrons. The van der Waals surface area contributed by atoms with Crippen LogP contribution in [0.25, 0.3) is 0 Å². The monoisotopic (exact) mass is 283 g/mol. The molecule has 0 aliphatic rings. The number of amides is 1. The summed E-state index contributed by atoms with van der Waals surface area (Å²) in [6.07, 6.45) is 0. The highest BCUT2D eigenvalue weighted by Gasteiger charge is 2.25. The van der Waals surface area contributed by atoms with Gasteiger partial charge in [0.2, 0.25) is 17.7 Å². The second-order valence-corrected chi connectivity index (χ2v) is 4.33. The van der Waals surface area contributed by atoms with Gasteiger partial charge in [-0.25, -0.2) is 10.8 Å². The predicted molar refractivity (Wildman–Crippen MR) is 73.0 cm³/mol. The van der Waals surface area contributed by atoms with Crippen molar-refractivity contribution in [1.29, 1.82) is 0 Å². The van der Waals surface area contributed by atoms with Gasteiger partial charge in [0, 0.05) is 14.1 Å². The van der Waals surface area contributed by atoms with Gasteiger partial charge in [0.15, 0.2) is 0 Å². The van der Waals surface area contributed by atoms with Crippen molar-refractivity contribution in [2.75, 3.05) is 24.8 Å². The van der Waals surface area contributed by atoms with Crippen molar-refractivity contribution in [3.05, 3.63) is 15.8 Å². The van der Waals surface area contributed by atoms with Crippen molar-refractivity contribution in [3.8, 4) is 0 Å². The molecule has 0 aliphatic carbocycles. The molecule has 0 aliphatic heterocycles. The second kappa shape index (κ2) is 6.10. The van der Waals surface area contributed by atoms with Crippen molar-refractivity contribution in [3.63, 3.8) is 0 Å². The van der Waals surface area contributed by atoms with Crippen LogP contribution in [0.5, 0.6) is 0 Å². The third-order valence-corrected chi connectivity index (χ3v) is 2.53. The molecule has 0 saturated carbocycles. The molecular weight excluding hydrogens is 266 g/mol. The summed E-state index contributed by atoms with van der Waals surface area (Å²) in [5.74, 6) is 4.94. The van der Waals surface area contributed by atoms with E-state index in [9.17, 15) is 14.9 Å². The summed E-state index contributed by atoms with van der Waals surface area (Å²) in [6.45, 7) is 3.04. The molecule has 10 heteroatoms. The molecule has 1 aromatic heterocycles. The number of aryl methyl sites for hydroxylation is 1. The average molecular weight is 283 g/mol. The Labute approximate surface area is 115 Å². The molecule has 1 unspecified atom stereocenters. The van der Waals surface area contributed by atoms with Gasteiger partial charge in [-0.2, -0.15) is 4.98 Å². The van der Waals surface area contributed by atoms with E-state index < -0.39 is 11.0 Å². The van der Waals surface area contributed by atoms with E-state index >= 15 is 0 Å². The van der Waals surface area contributed by atoms with Gasteiger partial charge in [-0.3, -0.25) is 20.3 Å². The fourth-order valence-corrected chi connectivity index (χ4v) is 1.60. The Bertz CT molecular complexity index is 532. The Morgan fingerprint density at radius 2 is 2.05 bits per heavy atom. The standard InChI is InChI=1S/C10H17N7O3/c1-5-7(17(19)20)8(14-10(13-5)15-11)12-6(2)9(18)16(3)4/h6H,11H2,1-4H3,(H2,12,13,14,15). The minimum atomic E-state index is -0.677. The van der Waals surface area contributed by atoms with E-state index in [0.717, 1.165) is 0 Å². The lowest BCUT2D eigenvalue weighted by Crippen LogP contribution is -2.37. The molecule has 0 spiro atoms. The molecule has 0 aromatic carbocycles. The first-order valence-electron chi connectivity index (χ1n) is 5.75. The maximum atomic E-state index is 11.8. The van der Waals surface area contributed by atoms with Crippen LogP contribution in [-0.4, -0.2) is 45.8 Å². The van der Waals surface area contributed by atoms with Gasteiger partial charge in [-0.05, 0) is 13.8 Å². The maximum Gasteiger partial charge on any atom is 0.332 e. The normalized spacial score (nSPS) is 11.7. The largest absolute Gasteiger partial charge is 0.353 e. The Hall–Kier alpha value is -2.49. The number of nitro groups is 1. The predicted octanol–water partition coefficient (Wildman–Crippen LogP) is -0.133. The number of carbonyl (C=O) groups excluding carboxylic acids is 1. The van der Waals surface area contributed by atoms with Crippen LogP contribution < -0.4 is 16.6 Å². The number of anilines is 2. The number of nitrogen functional groups attached to an aromatic ring is 1. The van der Waals surface area contributed by atoms with Gasteiger partial charge in [-0.15, -0.1) is 0 Å². The highest BCUT2D eigenvalue weighted by molar-refractivity contribution is 5.84. The number of nitrogens with one attached hydrogen (secondary N) is 2. The Kier molecular flexibility index (Phi) is 4.75. The molecule has 1 rings (SSSR count). The smallest absolute Gasteiger partial charge is 0.332 e. The first-order valence-corrected chi connectivity index (χ1v) is 5.75. The van der Waals surface area contributed by atoms with Crippen molar-refractivity contribution in [2.45, 2.75) is 19.9 Å². The number of aromatic nitrogens is 2. The summed E-state index contributed by atoms with van der Waals surface area (Å²) >= 11 is 0. The van der Waals surface area contributed by atoms with Gasteiger partial charge < -0.3 is 10.2 Å². The molecule has 1 atom stereocenters. The van der Waals surface area contributed by atoms with Gasteiger partial charge in [0.1, 0.15) is 11.7 Å². The molecule has 0 fully saturated rings. The van der Waals surface area contributed by atoms with Gasteiger partial charge in [0.25, 0.3) is 0 Å². The highest BCUT2D eigenvalue weighted by Crippen LogP contribution is 2.26. The maximum absolute atomic E-state index is 11.8. The number of nitrogens with two attached hydrogens (primary N) is 1. The first-order chi connectivity index (χ1) is 9.27. The van der Waals surface area contributed by atoms with Crippen LogP contribution in [0.1, 0.15) is 12.6 Å². The van der Waals surface area contributed by atoms with E-state index in [-0.39, 0.29) is 29.1 Å². The zero-order valence-electron chi connectivity index (χ0n) is 11.7. The molecule has 4 N–H and O–H groups in total. The Morgan fingerprint density at radius 1 is 1.45 bits per heavy atom. The fraction of sp³-hybridized carbons (Fsp3) is 0.500. The summed E-state index contributed by atoms with van der Waals surface area (Å²) in [5.41, 5.74) is 2.07. The van der Waals surface area contributed by atoms with Crippen LogP contribution >= 0.6 is 0 Å². The van der Waals surface area contributed by atoms with Gasteiger partial charge >= 0.3 is 5.69 Å². The SMILES string of the molecule is Cc1nc(NN)nc(NC(C)C(=O)N(C)C)c1[N+](=O)[O-]. The molecule has 1 amide bonds. The van der Waals surface area contributed by atoms with Crippen LogP contribution in [0, 0.1) is 17.0 Å². The fourth-order valence-electron chi connectivity index (χ4n) is 1.60. The molecule has 20 heavy (non-hydrogen) atoms. The topological polar surface area (TPSA) is 139 Å². The highest BCUT2D eigenvalue weighted by atomic mass is 16.6. The number of nitrogens with zero attached hydrogens (tertiary/aromatic N) is 4. The van der Waals surface area contributed by atoms with E-state index in [1.807, 2.05) is 0 Å². The second-order valence-electron chi connectivity index (χ2n) is 4.33. The molecule has 0 saturated heterocycles. The molecule has 10 nitrogen and oxygen atoms in total. The van der Waals surface area contributed by atoms with Crippen molar-refractivity contribution in [1.82, 2.24) is 14.9 Å². The number of likely N-dealkylation sites (N-methyl/N-ethyl adjacent to an activating group) is 1. The summed E-state index contributed by atoms with van der Waals surface area (Å²) in [4.78, 5) is 31.3. The summed E-state index contributed by atoms with van der Waals surface area (Å²) < 4.78 is 0. The van der Waals surface area contributed by atoms with Gasteiger partial charge in [0.05, 0.1) is 4.92 Å². The minimum absolute atomic E-state index is 0.0279. The molecular formula is C10H17N7O3. The van der Waals surface area contributed by atoms with Crippen molar-refractivity contribution < 1.29 is 9.72 Å². The zero-order valence-corrected chi connectivity index (χ0v) is 11.7. The number of rotatable bonds is 5. The molecule has 1 aromatic rings. The average Bonchev–Trinajstić information content (AvgIpc) is 2.36. The first kappa shape index (κ1) is 15.6. The number of carbonyl (C=O) groups is 1. The Balaban J connectivity index is 3.18. The van der Waals surface area contributed by atoms with E-state index in [0.29, 0.717) is 0 Å². The molecule has 0 radical (unpaired) electrons. The molecule has 1 heterocycles. The summed E-state index contributed by atoms with van der Waals surface area (Å²) in [5, 5.41) is 13.8. The van der Waals surface area contributed by atoms with E-state index in [1.165, 1.54) is 11.8 Å². The third kappa shape index (κ3) is 3.29.